The molecule has 3 aliphatic rings. The van der Waals surface area contributed by atoms with Crippen LogP contribution in [0.5, 0.6) is 0 Å². The van der Waals surface area contributed by atoms with E-state index in [0.717, 1.165) is 57.8 Å². The van der Waals surface area contributed by atoms with Crippen molar-refractivity contribution in [3.8, 4) is 0 Å². The first-order valence-corrected chi connectivity index (χ1v) is 10.5. The van der Waals surface area contributed by atoms with Gasteiger partial charge in [-0.2, -0.15) is 0 Å². The predicted octanol–water partition coefficient (Wildman–Crippen LogP) is 2.72. The summed E-state index contributed by atoms with van der Waals surface area (Å²) in [5.74, 6) is 1.12. The number of guanidine groups is 1. The summed E-state index contributed by atoms with van der Waals surface area (Å²) in [6.45, 7) is 9.32. The zero-order valence-corrected chi connectivity index (χ0v) is 16.4. The van der Waals surface area contributed by atoms with E-state index in [4.69, 9.17) is 9.73 Å². The van der Waals surface area contributed by atoms with Crippen LogP contribution in [0.1, 0.15) is 58.3 Å². The van der Waals surface area contributed by atoms with Gasteiger partial charge in [-0.3, -0.25) is 4.99 Å². The molecule has 0 bridgehead atoms. The lowest BCUT2D eigenvalue weighted by Gasteiger charge is -2.31. The number of likely N-dealkylation sites (tertiary alicyclic amines) is 1. The first kappa shape index (κ1) is 19.0. The van der Waals surface area contributed by atoms with Gasteiger partial charge in [0.25, 0.3) is 0 Å². The van der Waals surface area contributed by atoms with E-state index in [1.165, 1.54) is 51.5 Å². The second-order valence-electron chi connectivity index (χ2n) is 8.34. The number of nitrogens with zero attached hydrogens (tertiary/aromatic N) is 3. The van der Waals surface area contributed by atoms with Gasteiger partial charge < -0.3 is 19.9 Å². The molecular weight excluding hydrogens is 312 g/mol. The van der Waals surface area contributed by atoms with Crippen molar-refractivity contribution in [3.05, 3.63) is 0 Å². The largest absolute Gasteiger partial charge is 0.381 e. The Hall–Kier alpha value is -0.810. The minimum Gasteiger partial charge on any atom is -0.381 e. The van der Waals surface area contributed by atoms with Crippen molar-refractivity contribution in [1.82, 2.24) is 15.1 Å². The third kappa shape index (κ3) is 5.10. The summed E-state index contributed by atoms with van der Waals surface area (Å²) >= 11 is 0. The van der Waals surface area contributed by atoms with Crippen LogP contribution in [0.25, 0.3) is 0 Å². The molecule has 1 saturated carbocycles. The van der Waals surface area contributed by atoms with Crippen LogP contribution in [0.3, 0.4) is 0 Å². The van der Waals surface area contributed by atoms with Crippen LogP contribution in [0.2, 0.25) is 0 Å². The standard InChI is InChI=1S/C20H38N4O/c1-3-21-19(24-14-10-20(16-24)11-15-25-17-20)22-12-7-13-23(2)18-8-5-4-6-9-18/h18H,3-17H2,1-2H3,(H,21,22). The van der Waals surface area contributed by atoms with E-state index in [9.17, 15) is 0 Å². The van der Waals surface area contributed by atoms with Crippen molar-refractivity contribution in [2.75, 3.05) is 53.0 Å². The topological polar surface area (TPSA) is 40.1 Å². The Morgan fingerprint density at radius 2 is 2.12 bits per heavy atom. The summed E-state index contributed by atoms with van der Waals surface area (Å²) in [7, 11) is 2.30. The van der Waals surface area contributed by atoms with E-state index in [-0.39, 0.29) is 0 Å². The fraction of sp³-hybridized carbons (Fsp3) is 0.950. The summed E-state index contributed by atoms with van der Waals surface area (Å²) in [6.07, 6.45) is 10.7. The molecule has 3 fully saturated rings. The Morgan fingerprint density at radius 1 is 1.28 bits per heavy atom. The summed E-state index contributed by atoms with van der Waals surface area (Å²) in [4.78, 5) is 9.96. The van der Waals surface area contributed by atoms with E-state index >= 15 is 0 Å². The van der Waals surface area contributed by atoms with Crippen molar-refractivity contribution in [3.63, 3.8) is 0 Å². The molecule has 5 nitrogen and oxygen atoms in total. The summed E-state index contributed by atoms with van der Waals surface area (Å²) in [5.41, 5.74) is 0.400. The summed E-state index contributed by atoms with van der Waals surface area (Å²) < 4.78 is 5.66. The van der Waals surface area contributed by atoms with E-state index in [1.807, 2.05) is 0 Å². The Balaban J connectivity index is 1.44. The molecule has 144 valence electrons. The molecule has 5 heteroatoms. The quantitative estimate of drug-likeness (QED) is 0.454. The van der Waals surface area contributed by atoms with E-state index < -0.39 is 0 Å². The fourth-order valence-corrected chi connectivity index (χ4v) is 4.72. The average Bonchev–Trinajstić information content (AvgIpc) is 3.28. The Labute approximate surface area is 154 Å². The smallest absolute Gasteiger partial charge is 0.193 e. The molecule has 2 heterocycles. The summed E-state index contributed by atoms with van der Waals surface area (Å²) in [6, 6.07) is 0.812. The van der Waals surface area contributed by atoms with Crippen LogP contribution in [-0.2, 0) is 4.74 Å². The monoisotopic (exact) mass is 350 g/mol. The van der Waals surface area contributed by atoms with Gasteiger partial charge in [-0.25, -0.2) is 0 Å². The number of nitrogens with one attached hydrogen (secondary N) is 1. The van der Waals surface area contributed by atoms with Crippen molar-refractivity contribution in [2.45, 2.75) is 64.3 Å². The van der Waals surface area contributed by atoms with Crippen molar-refractivity contribution < 1.29 is 4.74 Å². The second-order valence-corrected chi connectivity index (χ2v) is 8.34. The molecule has 0 aromatic rings. The molecule has 1 N–H and O–H groups in total. The fourth-order valence-electron chi connectivity index (χ4n) is 4.72. The lowest BCUT2D eigenvalue weighted by Crippen LogP contribution is -2.41. The van der Waals surface area contributed by atoms with Gasteiger partial charge in [0, 0.05) is 44.2 Å². The molecule has 2 saturated heterocycles. The molecule has 1 spiro atoms. The Kier molecular flexibility index (Phi) is 7.00. The number of hydrogen-bond acceptors (Lipinski definition) is 3. The summed E-state index contributed by atoms with van der Waals surface area (Å²) in [5, 5.41) is 3.50. The molecule has 0 aromatic carbocycles. The van der Waals surface area contributed by atoms with Crippen molar-refractivity contribution in [1.29, 1.82) is 0 Å². The van der Waals surface area contributed by atoms with Gasteiger partial charge in [-0.15, -0.1) is 0 Å². The van der Waals surface area contributed by atoms with Crippen molar-refractivity contribution in [2.24, 2.45) is 10.4 Å². The van der Waals surface area contributed by atoms with Gasteiger partial charge in [0.2, 0.25) is 0 Å². The lowest BCUT2D eigenvalue weighted by atomic mass is 9.87. The third-order valence-corrected chi connectivity index (χ3v) is 6.39. The van der Waals surface area contributed by atoms with Crippen LogP contribution in [-0.4, -0.2) is 74.8 Å². The number of hydrogen-bond donors (Lipinski definition) is 1. The molecule has 0 amide bonds. The number of rotatable bonds is 6. The third-order valence-electron chi connectivity index (χ3n) is 6.39. The zero-order chi connectivity index (χ0) is 17.5. The molecule has 2 aliphatic heterocycles. The normalized spacial score (nSPS) is 28.4. The van der Waals surface area contributed by atoms with Crippen LogP contribution < -0.4 is 5.32 Å². The van der Waals surface area contributed by atoms with Gasteiger partial charge in [-0.05, 0) is 52.6 Å². The molecule has 1 aliphatic carbocycles. The van der Waals surface area contributed by atoms with E-state index in [0.29, 0.717) is 5.41 Å². The van der Waals surface area contributed by atoms with Gasteiger partial charge in [0.1, 0.15) is 0 Å². The molecule has 1 atom stereocenters. The average molecular weight is 351 g/mol. The molecule has 0 radical (unpaired) electrons. The SMILES string of the molecule is CCNC(=NCCCN(C)C1CCCCC1)N1CCC2(CCOC2)C1. The Morgan fingerprint density at radius 3 is 2.84 bits per heavy atom. The maximum atomic E-state index is 5.66. The lowest BCUT2D eigenvalue weighted by molar-refractivity contribution is 0.156. The molecular formula is C20H38N4O. The van der Waals surface area contributed by atoms with E-state index in [1.54, 1.807) is 0 Å². The molecule has 0 aromatic heterocycles. The van der Waals surface area contributed by atoms with Crippen LogP contribution >= 0.6 is 0 Å². The van der Waals surface area contributed by atoms with E-state index in [2.05, 4.69) is 29.1 Å². The predicted molar refractivity (Wildman–Crippen MR) is 104 cm³/mol. The Bertz CT molecular complexity index is 427. The van der Waals surface area contributed by atoms with Gasteiger partial charge in [0.05, 0.1) is 6.61 Å². The van der Waals surface area contributed by atoms with Crippen LogP contribution in [0.15, 0.2) is 4.99 Å². The highest BCUT2D eigenvalue weighted by Crippen LogP contribution is 2.38. The number of aliphatic imine (C=N–C) groups is 1. The molecule has 1 unspecified atom stereocenters. The van der Waals surface area contributed by atoms with Gasteiger partial charge >= 0.3 is 0 Å². The maximum Gasteiger partial charge on any atom is 0.193 e. The molecule has 25 heavy (non-hydrogen) atoms. The highest BCUT2D eigenvalue weighted by molar-refractivity contribution is 5.80. The number of ether oxygens (including phenoxy) is 1. The van der Waals surface area contributed by atoms with Crippen LogP contribution in [0, 0.1) is 5.41 Å². The minimum absolute atomic E-state index is 0.400. The molecule has 3 rings (SSSR count). The minimum atomic E-state index is 0.400. The van der Waals surface area contributed by atoms with Gasteiger partial charge in [0.15, 0.2) is 5.96 Å². The second kappa shape index (κ2) is 9.22. The van der Waals surface area contributed by atoms with Crippen LogP contribution in [0.4, 0.5) is 0 Å². The highest BCUT2D eigenvalue weighted by Gasteiger charge is 2.42. The van der Waals surface area contributed by atoms with Crippen molar-refractivity contribution >= 4 is 5.96 Å². The van der Waals surface area contributed by atoms with Gasteiger partial charge in [-0.1, -0.05) is 19.3 Å². The maximum absolute atomic E-state index is 5.66. The highest BCUT2D eigenvalue weighted by atomic mass is 16.5. The first-order valence-electron chi connectivity index (χ1n) is 10.5. The first-order chi connectivity index (χ1) is 12.2. The zero-order valence-electron chi connectivity index (χ0n) is 16.4.